The van der Waals surface area contributed by atoms with Crippen molar-refractivity contribution in [1.29, 1.82) is 0 Å². The Hall–Kier alpha value is -2.83. The second kappa shape index (κ2) is 6.12. The molecule has 4 nitrogen and oxygen atoms in total. The number of alkyl halides is 3. The summed E-state index contributed by atoms with van der Waals surface area (Å²) >= 11 is 0. The molecule has 0 saturated carbocycles. The quantitative estimate of drug-likeness (QED) is 0.685. The van der Waals surface area contributed by atoms with Gasteiger partial charge in [0.2, 0.25) is 0 Å². The highest BCUT2D eigenvalue weighted by molar-refractivity contribution is 5.93. The molecule has 0 aromatic heterocycles. The minimum Gasteiger partial charge on any atom is -0.478 e. The summed E-state index contributed by atoms with van der Waals surface area (Å²) in [7, 11) is 0. The number of ether oxygens (including phenoxy) is 1. The van der Waals surface area contributed by atoms with E-state index in [1.54, 1.807) is 0 Å². The van der Waals surface area contributed by atoms with E-state index >= 15 is 0 Å². The van der Waals surface area contributed by atoms with Gasteiger partial charge in [0.1, 0.15) is 11.3 Å². The lowest BCUT2D eigenvalue weighted by Gasteiger charge is -2.10. The Kier molecular flexibility index (Phi) is 4.40. The average Bonchev–Trinajstić information content (AvgIpc) is 2.46. The zero-order valence-electron chi connectivity index (χ0n) is 11.8. The number of carbonyl (C=O) groups is 2. The molecule has 0 unspecified atom stereocenters. The Morgan fingerprint density at radius 1 is 1.00 bits per heavy atom. The van der Waals surface area contributed by atoms with Crippen LogP contribution in [0, 0.1) is 0 Å². The molecule has 0 fully saturated rings. The van der Waals surface area contributed by atoms with E-state index in [0.29, 0.717) is 11.1 Å². The lowest BCUT2D eigenvalue weighted by Crippen LogP contribution is -2.07. The maximum atomic E-state index is 12.5. The predicted octanol–water partition coefficient (Wildman–Crippen LogP) is 4.00. The van der Waals surface area contributed by atoms with Crippen LogP contribution >= 0.6 is 0 Å². The summed E-state index contributed by atoms with van der Waals surface area (Å²) in [6.07, 6.45) is -4.44. The third-order valence-corrected chi connectivity index (χ3v) is 3.01. The van der Waals surface area contributed by atoms with E-state index in [-0.39, 0.29) is 11.3 Å². The number of benzene rings is 2. The first kappa shape index (κ1) is 16.5. The summed E-state index contributed by atoms with van der Waals surface area (Å²) in [4.78, 5) is 22.2. The van der Waals surface area contributed by atoms with Crippen LogP contribution in [0.15, 0.2) is 42.5 Å². The van der Waals surface area contributed by atoms with Crippen molar-refractivity contribution in [2.45, 2.75) is 13.1 Å². The van der Waals surface area contributed by atoms with Crippen LogP contribution in [0.25, 0.3) is 11.1 Å². The third-order valence-electron chi connectivity index (χ3n) is 3.01. The van der Waals surface area contributed by atoms with Gasteiger partial charge in [0.25, 0.3) is 0 Å². The van der Waals surface area contributed by atoms with Crippen LogP contribution in [0.3, 0.4) is 0 Å². The van der Waals surface area contributed by atoms with Gasteiger partial charge >= 0.3 is 18.1 Å². The molecule has 0 aliphatic carbocycles. The van der Waals surface area contributed by atoms with Crippen LogP contribution in [0.4, 0.5) is 13.2 Å². The predicted molar refractivity (Wildman–Crippen MR) is 75.1 cm³/mol. The summed E-state index contributed by atoms with van der Waals surface area (Å²) in [5.41, 5.74) is -0.240. The third kappa shape index (κ3) is 3.88. The van der Waals surface area contributed by atoms with Crippen LogP contribution in [-0.2, 0) is 11.0 Å². The highest BCUT2D eigenvalue weighted by atomic mass is 19.4. The van der Waals surface area contributed by atoms with Crippen molar-refractivity contribution in [1.82, 2.24) is 0 Å². The Morgan fingerprint density at radius 2 is 1.57 bits per heavy atom. The van der Waals surface area contributed by atoms with Crippen LogP contribution in [-0.4, -0.2) is 17.0 Å². The topological polar surface area (TPSA) is 63.6 Å². The number of carbonyl (C=O) groups excluding carboxylic acids is 1. The van der Waals surface area contributed by atoms with Crippen molar-refractivity contribution < 1.29 is 32.6 Å². The smallest absolute Gasteiger partial charge is 0.416 e. The number of halogens is 3. The SMILES string of the molecule is CC(=O)Oc1ccc(-c2ccc(C(F)(F)F)cc2)cc1C(=O)O. The number of rotatable bonds is 3. The maximum Gasteiger partial charge on any atom is 0.416 e. The molecule has 0 atom stereocenters. The molecular formula is C16H11F3O4. The zero-order chi connectivity index (χ0) is 17.2. The molecule has 2 rings (SSSR count). The number of carboxylic acid groups (broad SMARTS) is 1. The van der Waals surface area contributed by atoms with E-state index in [1.807, 2.05) is 0 Å². The second-order valence-corrected chi connectivity index (χ2v) is 4.68. The second-order valence-electron chi connectivity index (χ2n) is 4.68. The molecule has 0 bridgehead atoms. The molecular weight excluding hydrogens is 313 g/mol. The first-order valence-corrected chi connectivity index (χ1v) is 6.42. The van der Waals surface area contributed by atoms with Crippen LogP contribution < -0.4 is 4.74 Å². The molecule has 0 aliphatic rings. The molecule has 7 heteroatoms. The number of esters is 1. The van der Waals surface area contributed by atoms with Gasteiger partial charge in [-0.25, -0.2) is 4.79 Å². The van der Waals surface area contributed by atoms with E-state index < -0.39 is 23.7 Å². The van der Waals surface area contributed by atoms with Crippen LogP contribution in [0.1, 0.15) is 22.8 Å². The summed E-state index contributed by atoms with van der Waals surface area (Å²) in [5.74, 6) is -2.11. The fourth-order valence-corrected chi connectivity index (χ4v) is 1.97. The number of aromatic carboxylic acids is 1. The van der Waals surface area contributed by atoms with Gasteiger partial charge in [-0.2, -0.15) is 13.2 Å². The molecule has 1 N–H and O–H groups in total. The van der Waals surface area contributed by atoms with Gasteiger partial charge in [0.05, 0.1) is 5.56 Å². The van der Waals surface area contributed by atoms with Crippen molar-refractivity contribution >= 4 is 11.9 Å². The number of hydrogen-bond acceptors (Lipinski definition) is 3. The van der Waals surface area contributed by atoms with Gasteiger partial charge in [-0.05, 0) is 35.4 Å². The summed E-state index contributed by atoms with van der Waals surface area (Å²) < 4.78 is 42.4. The van der Waals surface area contributed by atoms with Gasteiger partial charge in [-0.3, -0.25) is 4.79 Å². The molecule has 2 aromatic rings. The van der Waals surface area contributed by atoms with E-state index in [9.17, 15) is 22.8 Å². The van der Waals surface area contributed by atoms with Gasteiger partial charge in [-0.1, -0.05) is 18.2 Å². The lowest BCUT2D eigenvalue weighted by molar-refractivity contribution is -0.137. The first-order valence-electron chi connectivity index (χ1n) is 6.42. The van der Waals surface area contributed by atoms with Gasteiger partial charge in [-0.15, -0.1) is 0 Å². The molecule has 0 aliphatic heterocycles. The highest BCUT2D eigenvalue weighted by Crippen LogP contribution is 2.32. The summed E-state index contributed by atoms with van der Waals surface area (Å²) in [5, 5.41) is 9.16. The Balaban J connectivity index is 2.42. The van der Waals surface area contributed by atoms with Crippen LogP contribution in [0.5, 0.6) is 5.75 Å². The fraction of sp³-hybridized carbons (Fsp3) is 0.125. The molecule has 0 heterocycles. The van der Waals surface area contributed by atoms with Crippen molar-refractivity contribution in [3.8, 4) is 16.9 Å². The van der Waals surface area contributed by atoms with E-state index in [1.165, 1.54) is 30.3 Å². The highest BCUT2D eigenvalue weighted by Gasteiger charge is 2.30. The van der Waals surface area contributed by atoms with E-state index in [0.717, 1.165) is 19.1 Å². The van der Waals surface area contributed by atoms with Gasteiger partial charge < -0.3 is 9.84 Å². The Bertz CT molecular complexity index is 749. The standard InChI is InChI=1S/C16H11F3O4/c1-9(20)23-14-7-4-11(8-13(14)15(21)22)10-2-5-12(6-3-10)16(17,18)19/h2-8H,1H3,(H,21,22). The molecule has 0 radical (unpaired) electrons. The molecule has 120 valence electrons. The average molecular weight is 324 g/mol. The van der Waals surface area contributed by atoms with Crippen molar-refractivity contribution in [3.05, 3.63) is 53.6 Å². The summed E-state index contributed by atoms with van der Waals surface area (Å²) in [6, 6.07) is 8.31. The number of hydrogen-bond donors (Lipinski definition) is 1. The molecule has 0 amide bonds. The molecule has 23 heavy (non-hydrogen) atoms. The van der Waals surface area contributed by atoms with Crippen molar-refractivity contribution in [2.24, 2.45) is 0 Å². The van der Waals surface area contributed by atoms with Crippen LogP contribution in [0.2, 0.25) is 0 Å². The minimum absolute atomic E-state index is 0.124. The monoisotopic (exact) mass is 324 g/mol. The molecule has 0 spiro atoms. The Labute approximate surface area is 129 Å². The largest absolute Gasteiger partial charge is 0.478 e. The first-order chi connectivity index (χ1) is 10.7. The lowest BCUT2D eigenvalue weighted by atomic mass is 10.0. The normalized spacial score (nSPS) is 11.1. The van der Waals surface area contributed by atoms with E-state index in [4.69, 9.17) is 9.84 Å². The minimum atomic E-state index is -4.44. The van der Waals surface area contributed by atoms with Crippen molar-refractivity contribution in [3.63, 3.8) is 0 Å². The summed E-state index contributed by atoms with van der Waals surface area (Å²) in [6.45, 7) is 1.13. The molecule has 2 aromatic carbocycles. The molecule has 0 saturated heterocycles. The van der Waals surface area contributed by atoms with Crippen molar-refractivity contribution in [2.75, 3.05) is 0 Å². The maximum absolute atomic E-state index is 12.5. The van der Waals surface area contributed by atoms with Gasteiger partial charge in [0, 0.05) is 6.92 Å². The van der Waals surface area contributed by atoms with Gasteiger partial charge in [0.15, 0.2) is 0 Å². The number of carboxylic acids is 1. The fourth-order valence-electron chi connectivity index (χ4n) is 1.97. The van der Waals surface area contributed by atoms with E-state index in [2.05, 4.69) is 0 Å². The zero-order valence-corrected chi connectivity index (χ0v) is 11.8. The Morgan fingerprint density at radius 3 is 2.04 bits per heavy atom.